The zero-order chi connectivity index (χ0) is 18.6. The van der Waals surface area contributed by atoms with Gasteiger partial charge < -0.3 is 15.4 Å². The minimum Gasteiger partial charge on any atom is -0.373 e. The Hall–Kier alpha value is -1.79. The fourth-order valence-electron chi connectivity index (χ4n) is 4.08. The Morgan fingerprint density at radius 2 is 1.69 bits per heavy atom. The Labute approximate surface area is 185 Å². The van der Waals surface area contributed by atoms with Crippen molar-refractivity contribution in [2.24, 2.45) is 5.73 Å². The number of benzene rings is 2. The maximum atomic E-state index is 11.2. The van der Waals surface area contributed by atoms with E-state index in [1.54, 1.807) is 0 Å². The Morgan fingerprint density at radius 3 is 2.38 bits per heavy atom. The number of ether oxygens (including phenoxy) is 1. The van der Waals surface area contributed by atoms with Crippen LogP contribution in [0, 0.1) is 0 Å². The summed E-state index contributed by atoms with van der Waals surface area (Å²) in [6.45, 7) is 5.98. The van der Waals surface area contributed by atoms with E-state index in [2.05, 4.69) is 34.1 Å². The van der Waals surface area contributed by atoms with Crippen LogP contribution in [0.2, 0.25) is 0 Å². The first-order valence-electron chi connectivity index (χ1n) is 9.77. The number of nitrogens with two attached hydrogens (primary N) is 1. The van der Waals surface area contributed by atoms with Crippen molar-refractivity contribution < 1.29 is 9.53 Å². The van der Waals surface area contributed by atoms with Crippen molar-refractivity contribution in [1.82, 2.24) is 4.90 Å². The van der Waals surface area contributed by atoms with Gasteiger partial charge in [-0.25, -0.2) is 0 Å². The van der Waals surface area contributed by atoms with Crippen molar-refractivity contribution in [3.05, 3.63) is 65.2 Å². The van der Waals surface area contributed by atoms with Crippen LogP contribution >= 0.6 is 24.8 Å². The summed E-state index contributed by atoms with van der Waals surface area (Å²) in [4.78, 5) is 16.1. The number of rotatable bonds is 5. The molecule has 158 valence electrons. The van der Waals surface area contributed by atoms with E-state index in [1.165, 1.54) is 11.1 Å². The van der Waals surface area contributed by atoms with Gasteiger partial charge in [0.2, 0.25) is 5.91 Å². The molecule has 2 heterocycles. The fraction of sp³-hybridized carbons (Fsp3) is 0.409. The van der Waals surface area contributed by atoms with Crippen LogP contribution < -0.4 is 10.6 Å². The van der Waals surface area contributed by atoms with Crippen molar-refractivity contribution in [2.45, 2.75) is 18.9 Å². The highest BCUT2D eigenvalue weighted by Gasteiger charge is 2.23. The molecule has 2 N–H and O–H groups in total. The average Bonchev–Trinajstić information content (AvgIpc) is 2.72. The number of hydrogen-bond acceptors (Lipinski definition) is 4. The zero-order valence-electron chi connectivity index (χ0n) is 16.5. The lowest BCUT2D eigenvalue weighted by atomic mass is 9.95. The van der Waals surface area contributed by atoms with Gasteiger partial charge in [-0.15, -0.1) is 24.8 Å². The van der Waals surface area contributed by atoms with Gasteiger partial charge in [0.25, 0.3) is 0 Å². The molecule has 5 nitrogen and oxygen atoms in total. The van der Waals surface area contributed by atoms with Gasteiger partial charge in [0.15, 0.2) is 0 Å². The quantitative estimate of drug-likeness (QED) is 0.777. The second-order valence-corrected chi connectivity index (χ2v) is 7.34. The lowest BCUT2D eigenvalue weighted by molar-refractivity contribution is 0.0289. The van der Waals surface area contributed by atoms with E-state index in [9.17, 15) is 4.79 Å². The molecule has 2 aromatic rings. The SMILES string of the molecule is Cl.Cl.NC(=O)c1ccc(N2CCN(CCC3OCCc4ccccc43)CC2)cc1. The molecule has 1 fully saturated rings. The topological polar surface area (TPSA) is 58.8 Å². The highest BCUT2D eigenvalue weighted by Crippen LogP contribution is 2.29. The van der Waals surface area contributed by atoms with Gasteiger partial charge >= 0.3 is 0 Å². The number of fused-ring (bicyclic) bond motifs is 1. The first-order valence-corrected chi connectivity index (χ1v) is 9.77. The van der Waals surface area contributed by atoms with Crippen LogP contribution in [0.4, 0.5) is 5.69 Å². The second kappa shape index (κ2) is 10.8. The van der Waals surface area contributed by atoms with E-state index in [1.807, 2.05) is 24.3 Å². The van der Waals surface area contributed by atoms with Crippen LogP contribution in [0.1, 0.15) is 34.0 Å². The summed E-state index contributed by atoms with van der Waals surface area (Å²) >= 11 is 0. The Kier molecular flexibility index (Phi) is 8.78. The first kappa shape index (κ1) is 23.5. The van der Waals surface area contributed by atoms with Gasteiger partial charge in [-0.05, 0) is 48.2 Å². The molecule has 4 rings (SSSR count). The maximum Gasteiger partial charge on any atom is 0.248 e. The van der Waals surface area contributed by atoms with Crippen molar-refractivity contribution in [2.75, 3.05) is 44.2 Å². The zero-order valence-corrected chi connectivity index (χ0v) is 18.1. The third kappa shape index (κ3) is 5.64. The van der Waals surface area contributed by atoms with Gasteiger partial charge in [0.05, 0.1) is 12.7 Å². The fourth-order valence-corrected chi connectivity index (χ4v) is 4.08. The van der Waals surface area contributed by atoms with Gasteiger partial charge in [0, 0.05) is 44.0 Å². The Bertz CT molecular complexity index is 793. The number of nitrogens with zero attached hydrogens (tertiary/aromatic N) is 2. The first-order chi connectivity index (χ1) is 13.2. The van der Waals surface area contributed by atoms with Crippen molar-refractivity contribution in [3.63, 3.8) is 0 Å². The molecule has 1 unspecified atom stereocenters. The highest BCUT2D eigenvalue weighted by atomic mass is 35.5. The van der Waals surface area contributed by atoms with Crippen molar-refractivity contribution in [1.29, 1.82) is 0 Å². The van der Waals surface area contributed by atoms with E-state index < -0.39 is 0 Å². The summed E-state index contributed by atoms with van der Waals surface area (Å²) in [5.74, 6) is -0.377. The minimum atomic E-state index is -0.377. The number of carbonyl (C=O) groups is 1. The molecular weight excluding hydrogens is 409 g/mol. The third-order valence-electron chi connectivity index (χ3n) is 5.69. The average molecular weight is 438 g/mol. The predicted molar refractivity (Wildman–Crippen MR) is 122 cm³/mol. The standard InChI is InChI=1S/C22H27N3O2.2ClH/c23-22(26)18-5-7-19(8-6-18)25-14-12-24(13-15-25)11-9-21-20-4-2-1-3-17(20)10-16-27-21;;/h1-8,21H,9-16H2,(H2,23,26);2*1H. The molecule has 1 atom stereocenters. The Morgan fingerprint density at radius 1 is 1.00 bits per heavy atom. The summed E-state index contributed by atoms with van der Waals surface area (Å²) in [6.07, 6.45) is 2.30. The number of hydrogen-bond donors (Lipinski definition) is 1. The maximum absolute atomic E-state index is 11.2. The van der Waals surface area contributed by atoms with Gasteiger partial charge in [0.1, 0.15) is 0 Å². The molecule has 0 bridgehead atoms. The van der Waals surface area contributed by atoms with E-state index in [0.29, 0.717) is 5.56 Å². The molecule has 0 aromatic heterocycles. The molecule has 0 spiro atoms. The summed E-state index contributed by atoms with van der Waals surface area (Å²) in [6, 6.07) is 16.3. The number of carbonyl (C=O) groups excluding carboxylic acids is 1. The largest absolute Gasteiger partial charge is 0.373 e. The van der Waals surface area contributed by atoms with E-state index in [-0.39, 0.29) is 36.8 Å². The molecule has 2 aliphatic rings. The molecule has 1 amide bonds. The number of piperazine rings is 1. The van der Waals surface area contributed by atoms with Crippen molar-refractivity contribution in [3.8, 4) is 0 Å². The third-order valence-corrected chi connectivity index (χ3v) is 5.69. The van der Waals surface area contributed by atoms with E-state index in [4.69, 9.17) is 10.5 Å². The lowest BCUT2D eigenvalue weighted by Gasteiger charge is -2.37. The van der Waals surface area contributed by atoms with Crippen LogP contribution in [-0.4, -0.2) is 50.1 Å². The predicted octanol–water partition coefficient (Wildman–Crippen LogP) is 3.46. The Balaban J connectivity index is 0.00000150. The second-order valence-electron chi connectivity index (χ2n) is 7.34. The van der Waals surface area contributed by atoms with Gasteiger partial charge in [-0.1, -0.05) is 24.3 Å². The molecule has 29 heavy (non-hydrogen) atoms. The van der Waals surface area contributed by atoms with Crippen LogP contribution in [0.3, 0.4) is 0 Å². The number of primary amides is 1. The van der Waals surface area contributed by atoms with Crippen LogP contribution in [-0.2, 0) is 11.2 Å². The minimum absolute atomic E-state index is 0. The molecule has 1 saturated heterocycles. The number of halogens is 2. The van der Waals surface area contributed by atoms with Crippen molar-refractivity contribution >= 4 is 36.4 Å². The monoisotopic (exact) mass is 437 g/mol. The molecule has 7 heteroatoms. The van der Waals surface area contributed by atoms with Crippen LogP contribution in [0.15, 0.2) is 48.5 Å². The van der Waals surface area contributed by atoms with Gasteiger partial charge in [-0.3, -0.25) is 9.69 Å². The lowest BCUT2D eigenvalue weighted by Crippen LogP contribution is -2.47. The molecule has 0 radical (unpaired) electrons. The summed E-state index contributed by atoms with van der Waals surface area (Å²) in [5, 5.41) is 0. The molecule has 0 saturated carbocycles. The normalized spacial score (nSPS) is 18.9. The smallest absolute Gasteiger partial charge is 0.248 e. The van der Waals surface area contributed by atoms with Crippen LogP contribution in [0.25, 0.3) is 0 Å². The van der Waals surface area contributed by atoms with Crippen LogP contribution in [0.5, 0.6) is 0 Å². The van der Waals surface area contributed by atoms with Gasteiger partial charge in [-0.2, -0.15) is 0 Å². The summed E-state index contributed by atoms with van der Waals surface area (Å²) in [7, 11) is 0. The van der Waals surface area contributed by atoms with E-state index in [0.717, 1.165) is 57.9 Å². The molecular formula is C22H29Cl2N3O2. The number of amides is 1. The molecule has 0 aliphatic carbocycles. The molecule has 2 aliphatic heterocycles. The number of anilines is 1. The summed E-state index contributed by atoms with van der Waals surface area (Å²) < 4.78 is 6.04. The molecule has 2 aromatic carbocycles. The van der Waals surface area contributed by atoms with E-state index >= 15 is 0 Å². The highest BCUT2D eigenvalue weighted by molar-refractivity contribution is 5.93. The summed E-state index contributed by atoms with van der Waals surface area (Å²) in [5.41, 5.74) is 9.85.